The molecule has 2 atom stereocenters. The van der Waals surface area contributed by atoms with E-state index in [0.29, 0.717) is 17.0 Å². The van der Waals surface area contributed by atoms with E-state index < -0.39 is 0 Å². The Balaban J connectivity index is 1.95. The first-order valence-electron chi connectivity index (χ1n) is 6.35. The number of nitrogens with one attached hydrogen (secondary N) is 1. The van der Waals surface area contributed by atoms with E-state index in [0.717, 1.165) is 25.3 Å². The fraction of sp³-hybridized carbons (Fsp3) is 0.667. The van der Waals surface area contributed by atoms with Gasteiger partial charge in [-0.25, -0.2) is 10.8 Å². The van der Waals surface area contributed by atoms with Crippen LogP contribution in [0.1, 0.15) is 22.4 Å². The molecule has 0 spiro atoms. The quantitative estimate of drug-likeness (QED) is 0.467. The number of nitrogens with two attached hydrogens (primary N) is 1. The molecule has 1 aromatic heterocycles. The van der Waals surface area contributed by atoms with Gasteiger partial charge in [-0.2, -0.15) is 0 Å². The molecular weight excluding hydrogens is 262 g/mol. The normalized spacial score (nSPS) is 24.1. The molecule has 0 aliphatic carbocycles. The van der Waals surface area contributed by atoms with Gasteiger partial charge in [0.25, 0.3) is 5.91 Å². The molecule has 7 heteroatoms. The molecule has 106 valence electrons. The Morgan fingerprint density at radius 3 is 2.95 bits per heavy atom. The molecule has 1 fully saturated rings. The van der Waals surface area contributed by atoms with E-state index in [-0.39, 0.29) is 5.91 Å². The first-order chi connectivity index (χ1) is 9.01. The molecule has 0 saturated carbocycles. The largest absolute Gasteiger partial charge is 0.305 e. The number of likely N-dealkylation sites (N-methyl/N-ethyl adjacent to an activating group) is 1. The molecule has 1 aromatic rings. The van der Waals surface area contributed by atoms with Gasteiger partial charge in [-0.15, -0.1) is 11.3 Å². The topological polar surface area (TPSA) is 74.5 Å². The molecule has 1 aliphatic heterocycles. The van der Waals surface area contributed by atoms with Gasteiger partial charge in [0.05, 0.1) is 5.69 Å². The molecule has 2 rings (SSSR count). The van der Waals surface area contributed by atoms with Gasteiger partial charge in [-0.05, 0) is 20.0 Å². The predicted octanol–water partition coefficient (Wildman–Crippen LogP) is 0.129. The zero-order chi connectivity index (χ0) is 14.0. The number of aromatic nitrogens is 1. The number of carbonyl (C=O) groups is 1. The highest BCUT2D eigenvalue weighted by Gasteiger charge is 2.31. The Labute approximate surface area is 117 Å². The lowest BCUT2D eigenvalue weighted by atomic mass is 10.1. The summed E-state index contributed by atoms with van der Waals surface area (Å²) in [6.07, 6.45) is 0. The second-order valence-electron chi connectivity index (χ2n) is 5.32. The fourth-order valence-electron chi connectivity index (χ4n) is 2.62. The molecule has 2 unspecified atom stereocenters. The van der Waals surface area contributed by atoms with Crippen LogP contribution in [-0.2, 0) is 6.54 Å². The van der Waals surface area contributed by atoms with Crippen LogP contribution in [0.3, 0.4) is 0 Å². The molecule has 0 bridgehead atoms. The number of hydrogen-bond acceptors (Lipinski definition) is 6. The van der Waals surface area contributed by atoms with Crippen LogP contribution in [0.25, 0.3) is 0 Å². The van der Waals surface area contributed by atoms with Gasteiger partial charge < -0.3 is 4.90 Å². The molecule has 1 saturated heterocycles. The van der Waals surface area contributed by atoms with E-state index in [4.69, 9.17) is 5.84 Å². The minimum atomic E-state index is -0.322. The minimum absolute atomic E-state index is 0.322. The van der Waals surface area contributed by atoms with Crippen molar-refractivity contribution in [3.63, 3.8) is 0 Å². The van der Waals surface area contributed by atoms with Gasteiger partial charge >= 0.3 is 0 Å². The van der Waals surface area contributed by atoms with E-state index in [1.54, 1.807) is 0 Å². The molecule has 19 heavy (non-hydrogen) atoms. The third-order valence-corrected chi connectivity index (χ3v) is 4.46. The second kappa shape index (κ2) is 5.96. The third-order valence-electron chi connectivity index (χ3n) is 3.57. The lowest BCUT2D eigenvalue weighted by Gasteiger charge is -2.22. The third kappa shape index (κ3) is 3.30. The summed E-state index contributed by atoms with van der Waals surface area (Å²) in [5.41, 5.74) is 3.05. The van der Waals surface area contributed by atoms with Gasteiger partial charge in [0.15, 0.2) is 5.01 Å². The summed E-state index contributed by atoms with van der Waals surface area (Å²) >= 11 is 1.33. The number of amides is 1. The molecule has 1 aliphatic rings. The second-order valence-corrected chi connectivity index (χ2v) is 6.18. The van der Waals surface area contributed by atoms with Crippen LogP contribution in [0, 0.1) is 5.92 Å². The maximum atomic E-state index is 11.3. The standard InChI is InChI=1S/C12H21N5OS/c1-8-4-17(6-10(8)16(2)3)5-9-7-19-12(14-9)11(18)15-13/h7-8,10H,4-6,13H2,1-3H3,(H,15,18). The zero-order valence-electron chi connectivity index (χ0n) is 11.6. The predicted molar refractivity (Wildman–Crippen MR) is 75.7 cm³/mol. The summed E-state index contributed by atoms with van der Waals surface area (Å²) in [7, 11) is 4.24. The van der Waals surface area contributed by atoms with E-state index in [1.807, 2.05) is 5.38 Å². The van der Waals surface area contributed by atoms with Crippen molar-refractivity contribution < 1.29 is 4.79 Å². The van der Waals surface area contributed by atoms with E-state index in [9.17, 15) is 4.79 Å². The lowest BCUT2D eigenvalue weighted by Crippen LogP contribution is -2.34. The average molecular weight is 283 g/mol. The van der Waals surface area contributed by atoms with E-state index >= 15 is 0 Å². The number of hydrogen-bond donors (Lipinski definition) is 2. The molecule has 0 aromatic carbocycles. The Morgan fingerprint density at radius 1 is 1.63 bits per heavy atom. The summed E-state index contributed by atoms with van der Waals surface area (Å²) < 4.78 is 0. The molecule has 0 radical (unpaired) electrons. The Kier molecular flexibility index (Phi) is 4.51. The van der Waals surface area contributed by atoms with Crippen molar-refractivity contribution >= 4 is 17.2 Å². The van der Waals surface area contributed by atoms with Crippen LogP contribution in [0.4, 0.5) is 0 Å². The van der Waals surface area contributed by atoms with E-state index in [2.05, 4.69) is 41.2 Å². The van der Waals surface area contributed by atoms with Gasteiger partial charge in [-0.1, -0.05) is 6.92 Å². The highest BCUT2D eigenvalue weighted by Crippen LogP contribution is 2.22. The van der Waals surface area contributed by atoms with Gasteiger partial charge in [0.1, 0.15) is 0 Å². The van der Waals surface area contributed by atoms with Crippen molar-refractivity contribution in [2.45, 2.75) is 19.5 Å². The van der Waals surface area contributed by atoms with Crippen molar-refractivity contribution in [3.05, 3.63) is 16.1 Å². The van der Waals surface area contributed by atoms with Crippen molar-refractivity contribution in [2.24, 2.45) is 11.8 Å². The van der Waals surface area contributed by atoms with Crippen molar-refractivity contribution in [3.8, 4) is 0 Å². The molecular formula is C12H21N5OS. The van der Waals surface area contributed by atoms with E-state index in [1.165, 1.54) is 11.3 Å². The fourth-order valence-corrected chi connectivity index (χ4v) is 3.33. The molecule has 2 heterocycles. The summed E-state index contributed by atoms with van der Waals surface area (Å²) in [5, 5.41) is 2.35. The van der Waals surface area contributed by atoms with Crippen molar-refractivity contribution in [1.82, 2.24) is 20.2 Å². The van der Waals surface area contributed by atoms with Crippen LogP contribution < -0.4 is 11.3 Å². The molecule has 6 nitrogen and oxygen atoms in total. The molecule has 3 N–H and O–H groups in total. The maximum absolute atomic E-state index is 11.3. The average Bonchev–Trinajstić information content (AvgIpc) is 2.95. The Hall–Kier alpha value is -1.02. The van der Waals surface area contributed by atoms with Gasteiger partial charge in [0.2, 0.25) is 0 Å². The highest BCUT2D eigenvalue weighted by molar-refractivity contribution is 7.11. The summed E-state index contributed by atoms with van der Waals surface area (Å²) in [6.45, 7) is 5.19. The number of nitrogens with zero attached hydrogens (tertiary/aromatic N) is 3. The first kappa shape index (κ1) is 14.4. The number of thiazole rings is 1. The van der Waals surface area contributed by atoms with Crippen LogP contribution in [0.15, 0.2) is 5.38 Å². The highest BCUT2D eigenvalue weighted by atomic mass is 32.1. The Bertz CT molecular complexity index is 447. The monoisotopic (exact) mass is 283 g/mol. The van der Waals surface area contributed by atoms with Crippen LogP contribution in [0.5, 0.6) is 0 Å². The van der Waals surface area contributed by atoms with Gasteiger partial charge in [-0.3, -0.25) is 15.1 Å². The van der Waals surface area contributed by atoms with Crippen LogP contribution >= 0.6 is 11.3 Å². The maximum Gasteiger partial charge on any atom is 0.294 e. The zero-order valence-corrected chi connectivity index (χ0v) is 12.4. The Morgan fingerprint density at radius 2 is 2.37 bits per heavy atom. The number of likely N-dealkylation sites (tertiary alicyclic amines) is 1. The van der Waals surface area contributed by atoms with Crippen molar-refractivity contribution in [1.29, 1.82) is 0 Å². The number of rotatable bonds is 4. The van der Waals surface area contributed by atoms with Gasteiger partial charge in [0, 0.05) is 31.1 Å². The summed E-state index contributed by atoms with van der Waals surface area (Å²) in [4.78, 5) is 20.3. The summed E-state index contributed by atoms with van der Waals surface area (Å²) in [5.74, 6) is 5.43. The first-order valence-corrected chi connectivity index (χ1v) is 7.23. The number of carbonyl (C=O) groups excluding carboxylic acids is 1. The number of hydrazine groups is 1. The molecule has 1 amide bonds. The SMILES string of the molecule is CC1CN(Cc2csc(C(=O)NN)n2)CC1N(C)C. The number of nitrogen functional groups attached to an aromatic ring is 1. The summed E-state index contributed by atoms with van der Waals surface area (Å²) in [6, 6.07) is 0.588. The van der Waals surface area contributed by atoms with Crippen LogP contribution in [0.2, 0.25) is 0 Å². The smallest absolute Gasteiger partial charge is 0.294 e. The lowest BCUT2D eigenvalue weighted by molar-refractivity contribution is 0.0953. The minimum Gasteiger partial charge on any atom is -0.305 e. The van der Waals surface area contributed by atoms with Crippen LogP contribution in [-0.4, -0.2) is 53.9 Å². The van der Waals surface area contributed by atoms with Crippen molar-refractivity contribution in [2.75, 3.05) is 27.2 Å².